The van der Waals surface area contributed by atoms with E-state index in [0.717, 1.165) is 35.6 Å². The largest absolute Gasteiger partial charge is 0.419 e. The van der Waals surface area contributed by atoms with Crippen molar-refractivity contribution in [1.29, 1.82) is 5.26 Å². The summed E-state index contributed by atoms with van der Waals surface area (Å²) in [6, 6.07) is 9.76. The molecule has 194 valence electrons. The molecule has 2 amide bonds. The molecule has 0 radical (unpaired) electrons. The predicted molar refractivity (Wildman–Crippen MR) is 136 cm³/mol. The molecule has 0 unspecified atom stereocenters. The average Bonchev–Trinajstić information content (AvgIpc) is 3.42. The van der Waals surface area contributed by atoms with Gasteiger partial charge >= 0.3 is 6.18 Å². The molecule has 2 fully saturated rings. The van der Waals surface area contributed by atoms with Gasteiger partial charge in [0, 0.05) is 26.2 Å². The number of nitriles is 1. The fourth-order valence-electron chi connectivity index (χ4n) is 5.02. The first kappa shape index (κ1) is 26.5. The van der Waals surface area contributed by atoms with Crippen LogP contribution in [0.5, 0.6) is 0 Å². The van der Waals surface area contributed by atoms with E-state index in [4.69, 9.17) is 17.5 Å². The molecule has 1 spiro atoms. The minimum Gasteiger partial charge on any atom is -0.349 e. The summed E-state index contributed by atoms with van der Waals surface area (Å²) in [5.41, 5.74) is -1.37. The van der Waals surface area contributed by atoms with Crippen molar-refractivity contribution in [2.45, 2.75) is 56.7 Å². The zero-order valence-corrected chi connectivity index (χ0v) is 21.3. The van der Waals surface area contributed by atoms with Crippen LogP contribution in [0.25, 0.3) is 0 Å². The number of aromatic nitrogens is 1. The lowest BCUT2D eigenvalue weighted by molar-refractivity contribution is -0.138. The minimum absolute atomic E-state index is 0.0618. The van der Waals surface area contributed by atoms with Gasteiger partial charge in [0.05, 0.1) is 17.4 Å². The number of pyridine rings is 1. The van der Waals surface area contributed by atoms with Crippen molar-refractivity contribution in [3.63, 3.8) is 0 Å². The van der Waals surface area contributed by atoms with Crippen molar-refractivity contribution < 1.29 is 22.8 Å². The quantitative estimate of drug-likeness (QED) is 0.499. The van der Waals surface area contributed by atoms with Crippen LogP contribution in [0.3, 0.4) is 0 Å². The van der Waals surface area contributed by atoms with Crippen LogP contribution in [0.4, 0.5) is 24.5 Å². The third-order valence-corrected chi connectivity index (χ3v) is 7.30. The lowest BCUT2D eigenvalue weighted by Gasteiger charge is -2.32. The molecule has 4 rings (SSSR count). The van der Waals surface area contributed by atoms with Crippen LogP contribution in [-0.2, 0) is 22.2 Å². The Bertz CT molecular complexity index is 1260. The Labute approximate surface area is 218 Å². The van der Waals surface area contributed by atoms with Gasteiger partial charge in [0.15, 0.2) is 10.8 Å². The van der Waals surface area contributed by atoms with Crippen LogP contribution in [0.2, 0.25) is 0 Å². The van der Waals surface area contributed by atoms with Crippen LogP contribution in [0, 0.1) is 11.3 Å². The highest BCUT2D eigenvalue weighted by atomic mass is 32.1. The van der Waals surface area contributed by atoms with Gasteiger partial charge in [-0.15, -0.1) is 0 Å². The number of aryl methyl sites for hydroxylation is 1. The van der Waals surface area contributed by atoms with Crippen LogP contribution in [-0.4, -0.2) is 46.4 Å². The molecule has 1 saturated carbocycles. The van der Waals surface area contributed by atoms with Gasteiger partial charge in [-0.2, -0.15) is 18.4 Å². The average molecular weight is 530 g/mol. The fourth-order valence-corrected chi connectivity index (χ4v) is 5.49. The fraction of sp³-hybridized carbons (Fsp3) is 0.423. The maximum atomic E-state index is 13.8. The number of thiocarbonyl (C=S) groups is 1. The zero-order valence-electron chi connectivity index (χ0n) is 20.5. The van der Waals surface area contributed by atoms with Crippen LogP contribution < -0.4 is 9.80 Å². The summed E-state index contributed by atoms with van der Waals surface area (Å²) in [5, 5.41) is 9.16. The van der Waals surface area contributed by atoms with Crippen molar-refractivity contribution in [2.75, 3.05) is 23.9 Å². The van der Waals surface area contributed by atoms with Gasteiger partial charge < -0.3 is 9.80 Å². The van der Waals surface area contributed by atoms with Gasteiger partial charge in [-0.25, -0.2) is 4.98 Å². The zero-order chi connectivity index (χ0) is 27.0. The van der Waals surface area contributed by atoms with Gasteiger partial charge in [0.1, 0.15) is 11.6 Å². The van der Waals surface area contributed by atoms with E-state index >= 15 is 0 Å². The van der Waals surface area contributed by atoms with Crippen LogP contribution >= 0.6 is 12.2 Å². The molecule has 1 aliphatic heterocycles. The third-order valence-electron chi connectivity index (χ3n) is 6.93. The molecular weight excluding hydrogens is 503 g/mol. The van der Waals surface area contributed by atoms with E-state index in [2.05, 4.69) is 4.98 Å². The lowest BCUT2D eigenvalue weighted by atomic mass is 9.94. The Morgan fingerprint density at radius 2 is 1.84 bits per heavy atom. The maximum absolute atomic E-state index is 13.8. The number of nitrogens with zero attached hydrogens (tertiary/aromatic N) is 5. The molecule has 0 bridgehead atoms. The Kier molecular flexibility index (Phi) is 7.24. The van der Waals surface area contributed by atoms with Gasteiger partial charge in [0.2, 0.25) is 5.91 Å². The SMILES string of the molecule is CN(C)C(=O)CCCc1ccc(N2C(=S)N(c3cnc(C#N)c(C(F)(F)F)c3)C(=O)C23CCCC3)cc1. The molecule has 2 aliphatic rings. The van der Waals surface area contributed by atoms with Crippen LogP contribution in [0.1, 0.15) is 55.3 Å². The Balaban J connectivity index is 1.64. The molecule has 1 aromatic carbocycles. The van der Waals surface area contributed by atoms with E-state index in [9.17, 15) is 22.8 Å². The van der Waals surface area contributed by atoms with Crippen molar-refractivity contribution in [1.82, 2.24) is 9.88 Å². The normalized spacial score (nSPS) is 17.0. The predicted octanol–water partition coefficient (Wildman–Crippen LogP) is 4.83. The molecule has 37 heavy (non-hydrogen) atoms. The van der Waals surface area contributed by atoms with E-state index < -0.39 is 23.0 Å². The second kappa shape index (κ2) is 10.1. The highest BCUT2D eigenvalue weighted by molar-refractivity contribution is 7.81. The lowest BCUT2D eigenvalue weighted by Crippen LogP contribution is -2.47. The first-order chi connectivity index (χ1) is 17.5. The smallest absolute Gasteiger partial charge is 0.349 e. The number of benzene rings is 1. The molecule has 0 atom stereocenters. The first-order valence-electron chi connectivity index (χ1n) is 11.9. The molecule has 1 saturated heterocycles. The Hall–Kier alpha value is -3.52. The maximum Gasteiger partial charge on any atom is 0.419 e. The molecule has 1 aliphatic carbocycles. The molecule has 11 heteroatoms. The van der Waals surface area contributed by atoms with Gasteiger partial charge in [-0.3, -0.25) is 14.5 Å². The summed E-state index contributed by atoms with van der Waals surface area (Å²) in [4.78, 5) is 33.7. The van der Waals surface area contributed by atoms with Gasteiger partial charge in [0.25, 0.3) is 5.91 Å². The highest BCUT2D eigenvalue weighted by Gasteiger charge is 2.57. The highest BCUT2D eigenvalue weighted by Crippen LogP contribution is 2.46. The van der Waals surface area contributed by atoms with Crippen molar-refractivity contribution in [3.8, 4) is 6.07 Å². The monoisotopic (exact) mass is 529 g/mol. The number of halogens is 3. The number of anilines is 2. The number of rotatable bonds is 6. The second-order valence-corrected chi connectivity index (χ2v) is 9.87. The molecular formula is C26H26F3N5O2S. The van der Waals surface area contributed by atoms with Gasteiger partial charge in [-0.1, -0.05) is 25.0 Å². The molecule has 1 aromatic heterocycles. The Morgan fingerprint density at radius 3 is 2.41 bits per heavy atom. The summed E-state index contributed by atoms with van der Waals surface area (Å²) >= 11 is 5.68. The molecule has 7 nitrogen and oxygen atoms in total. The Morgan fingerprint density at radius 1 is 1.19 bits per heavy atom. The summed E-state index contributed by atoms with van der Waals surface area (Å²) in [5.74, 6) is -0.326. The minimum atomic E-state index is -4.81. The summed E-state index contributed by atoms with van der Waals surface area (Å²) in [6.07, 6.45) is 0.736. The van der Waals surface area contributed by atoms with Crippen molar-refractivity contribution in [2.24, 2.45) is 0 Å². The number of hydrogen-bond acceptors (Lipinski definition) is 5. The number of carbonyl (C=O) groups is 2. The second-order valence-electron chi connectivity index (χ2n) is 9.50. The summed E-state index contributed by atoms with van der Waals surface area (Å²) in [6.45, 7) is 0. The van der Waals surface area contributed by atoms with E-state index in [1.165, 1.54) is 6.07 Å². The van der Waals surface area contributed by atoms with E-state index in [-0.39, 0.29) is 22.6 Å². The van der Waals surface area contributed by atoms with Crippen molar-refractivity contribution in [3.05, 3.63) is 53.3 Å². The number of alkyl halides is 3. The van der Waals surface area contributed by atoms with E-state index in [1.807, 2.05) is 24.3 Å². The van der Waals surface area contributed by atoms with E-state index in [1.54, 1.807) is 23.9 Å². The first-order valence-corrected chi connectivity index (χ1v) is 12.4. The third kappa shape index (κ3) is 4.90. The standard InChI is InChI=1S/C26H26F3N5O2S/c1-32(2)22(35)7-5-6-17-8-10-18(11-9-17)34-24(37)33(23(36)25(34)12-3-4-13-25)19-14-20(26(27,28)29)21(15-30)31-16-19/h8-11,14,16H,3-7,12-13H2,1-2H3. The molecule has 2 aromatic rings. The summed E-state index contributed by atoms with van der Waals surface area (Å²) in [7, 11) is 3.44. The van der Waals surface area contributed by atoms with E-state index in [0.29, 0.717) is 37.8 Å². The number of amides is 2. The molecule has 0 N–H and O–H groups in total. The molecule has 2 heterocycles. The van der Waals surface area contributed by atoms with Gasteiger partial charge in [-0.05, 0) is 61.7 Å². The topological polar surface area (TPSA) is 80.5 Å². The number of carbonyl (C=O) groups excluding carboxylic acids is 2. The van der Waals surface area contributed by atoms with Crippen molar-refractivity contribution >= 4 is 40.5 Å². The number of hydrogen-bond donors (Lipinski definition) is 0. The summed E-state index contributed by atoms with van der Waals surface area (Å²) < 4.78 is 40.8. The van der Waals surface area contributed by atoms with Crippen LogP contribution in [0.15, 0.2) is 36.5 Å².